The van der Waals surface area contributed by atoms with E-state index in [4.69, 9.17) is 0 Å². The average Bonchev–Trinajstić information content (AvgIpc) is 3.30. The fraction of sp³-hybridized carbons (Fsp3) is 0.444. The van der Waals surface area contributed by atoms with Crippen LogP contribution in [0.15, 0.2) is 36.8 Å². The van der Waals surface area contributed by atoms with Crippen molar-refractivity contribution in [1.29, 1.82) is 0 Å². The van der Waals surface area contributed by atoms with Crippen LogP contribution in [0.3, 0.4) is 0 Å². The van der Waals surface area contributed by atoms with Gasteiger partial charge in [0.15, 0.2) is 11.6 Å². The Balaban J connectivity index is 1.39. The second-order valence-electron chi connectivity index (χ2n) is 6.82. The zero-order valence-corrected chi connectivity index (χ0v) is 15.0. The van der Waals surface area contributed by atoms with Gasteiger partial charge in [-0.3, -0.25) is 0 Å². The van der Waals surface area contributed by atoms with Crippen molar-refractivity contribution in [3.05, 3.63) is 48.3 Å². The van der Waals surface area contributed by atoms with Gasteiger partial charge in [-0.25, -0.2) is 9.67 Å². The molecule has 0 spiro atoms. The monoisotopic (exact) mass is 353 g/mol. The van der Waals surface area contributed by atoms with E-state index in [1.807, 2.05) is 49.1 Å². The van der Waals surface area contributed by atoms with Gasteiger partial charge >= 0.3 is 0 Å². The fourth-order valence-electron chi connectivity index (χ4n) is 3.47. The lowest BCUT2D eigenvalue weighted by molar-refractivity contribution is 0.0824. The molecule has 1 aliphatic heterocycles. The minimum Gasteiger partial charge on any atom is -0.385 e. The summed E-state index contributed by atoms with van der Waals surface area (Å²) in [5, 5.41) is 23.6. The molecule has 0 aromatic carbocycles. The Morgan fingerprint density at radius 1 is 1.08 bits per heavy atom. The average molecular weight is 353 g/mol. The molecule has 1 fully saturated rings. The zero-order chi connectivity index (χ0) is 18.1. The van der Waals surface area contributed by atoms with Gasteiger partial charge in [-0.1, -0.05) is 0 Å². The van der Waals surface area contributed by atoms with Crippen LogP contribution < -0.4 is 4.90 Å². The van der Waals surface area contributed by atoms with Crippen molar-refractivity contribution in [2.75, 3.05) is 18.0 Å². The molecular weight excluding hydrogens is 330 g/mol. The molecule has 0 saturated carbocycles. The predicted molar refractivity (Wildman–Crippen MR) is 97.0 cm³/mol. The highest BCUT2D eigenvalue weighted by Crippen LogP contribution is 2.31. The first-order chi connectivity index (χ1) is 12.6. The van der Waals surface area contributed by atoms with Gasteiger partial charge < -0.3 is 14.6 Å². The molecule has 0 aliphatic carbocycles. The molecule has 3 aromatic rings. The van der Waals surface area contributed by atoms with E-state index in [9.17, 15) is 5.11 Å². The Morgan fingerprint density at radius 2 is 1.81 bits per heavy atom. The number of anilines is 1. The second kappa shape index (κ2) is 6.87. The highest BCUT2D eigenvalue weighted by Gasteiger charge is 2.29. The zero-order valence-electron chi connectivity index (χ0n) is 15.0. The van der Waals surface area contributed by atoms with Gasteiger partial charge in [-0.2, -0.15) is 5.10 Å². The van der Waals surface area contributed by atoms with Gasteiger partial charge in [-0.15, -0.1) is 10.2 Å². The van der Waals surface area contributed by atoms with E-state index in [1.165, 1.54) is 0 Å². The molecule has 4 rings (SSSR count). The molecule has 1 aliphatic rings. The topological polar surface area (TPSA) is 84.9 Å². The van der Waals surface area contributed by atoms with Gasteiger partial charge in [-0.05, 0) is 43.9 Å². The largest absolute Gasteiger partial charge is 0.385 e. The van der Waals surface area contributed by atoms with Crippen molar-refractivity contribution in [2.24, 2.45) is 13.0 Å². The van der Waals surface area contributed by atoms with Gasteiger partial charge in [0.05, 0.1) is 5.69 Å². The Labute approximate surface area is 152 Å². The van der Waals surface area contributed by atoms with E-state index in [1.54, 1.807) is 10.9 Å². The maximum Gasteiger partial charge on any atom is 0.175 e. The van der Waals surface area contributed by atoms with Crippen molar-refractivity contribution in [1.82, 2.24) is 29.5 Å². The minimum atomic E-state index is -0.520. The van der Waals surface area contributed by atoms with E-state index in [0.717, 1.165) is 43.3 Å². The van der Waals surface area contributed by atoms with Crippen LogP contribution in [0.5, 0.6) is 0 Å². The normalized spacial score (nSPS) is 16.8. The molecule has 1 saturated heterocycles. The molecule has 1 N–H and O–H groups in total. The Kier molecular flexibility index (Phi) is 4.42. The summed E-state index contributed by atoms with van der Waals surface area (Å²) in [6, 6.07) is 5.85. The summed E-state index contributed by atoms with van der Waals surface area (Å²) in [4.78, 5) is 6.49. The van der Waals surface area contributed by atoms with E-state index in [0.29, 0.717) is 5.82 Å². The summed E-state index contributed by atoms with van der Waals surface area (Å²) in [6.07, 6.45) is 6.75. The molecule has 1 atom stereocenters. The van der Waals surface area contributed by atoms with Crippen LogP contribution in [0.4, 0.5) is 5.82 Å². The molecule has 8 heteroatoms. The summed E-state index contributed by atoms with van der Waals surface area (Å²) in [7, 11) is 1.92. The van der Waals surface area contributed by atoms with Gasteiger partial charge in [0.1, 0.15) is 11.9 Å². The lowest BCUT2D eigenvalue weighted by Gasteiger charge is -2.34. The molecule has 0 radical (unpaired) electrons. The third-order valence-electron chi connectivity index (χ3n) is 5.03. The number of piperidine rings is 1. The van der Waals surface area contributed by atoms with E-state index >= 15 is 0 Å². The smallest absolute Gasteiger partial charge is 0.175 e. The standard InChI is InChI=1S/C18H23N7O/c1-13-5-11-25(22-13)16-4-3-15(20-21-16)24-9-6-14(7-10-24)17(26)18-19-8-12-23(18)2/h3-5,8,11-12,14,17,26H,6-7,9-10H2,1-2H3. The summed E-state index contributed by atoms with van der Waals surface area (Å²) in [6.45, 7) is 3.64. The second-order valence-corrected chi connectivity index (χ2v) is 6.82. The number of rotatable bonds is 4. The summed E-state index contributed by atoms with van der Waals surface area (Å²) < 4.78 is 3.61. The lowest BCUT2D eigenvalue weighted by Crippen LogP contribution is -2.36. The lowest BCUT2D eigenvalue weighted by atomic mass is 9.90. The molecule has 26 heavy (non-hydrogen) atoms. The van der Waals surface area contributed by atoms with Crippen LogP contribution in [-0.4, -0.2) is 47.7 Å². The van der Waals surface area contributed by atoms with E-state index < -0.39 is 6.10 Å². The molecule has 136 valence electrons. The summed E-state index contributed by atoms with van der Waals surface area (Å²) in [5.41, 5.74) is 0.948. The molecule has 0 amide bonds. The third kappa shape index (κ3) is 3.20. The third-order valence-corrected chi connectivity index (χ3v) is 5.03. The number of aryl methyl sites for hydroxylation is 2. The van der Waals surface area contributed by atoms with Crippen LogP contribution in [0.2, 0.25) is 0 Å². The highest BCUT2D eigenvalue weighted by molar-refractivity contribution is 5.40. The number of nitrogens with zero attached hydrogens (tertiary/aromatic N) is 7. The minimum absolute atomic E-state index is 0.214. The predicted octanol–water partition coefficient (Wildman–Crippen LogP) is 1.65. The summed E-state index contributed by atoms with van der Waals surface area (Å²) >= 11 is 0. The first-order valence-corrected chi connectivity index (χ1v) is 8.88. The van der Waals surface area contributed by atoms with Crippen molar-refractivity contribution in [3.8, 4) is 5.82 Å². The first kappa shape index (κ1) is 16.7. The van der Waals surface area contributed by atoms with Crippen molar-refractivity contribution in [3.63, 3.8) is 0 Å². The van der Waals surface area contributed by atoms with E-state index in [-0.39, 0.29) is 5.92 Å². The number of imidazole rings is 1. The number of aliphatic hydroxyl groups excluding tert-OH is 1. The van der Waals surface area contributed by atoms with Gasteiger partial charge in [0.2, 0.25) is 0 Å². The van der Waals surface area contributed by atoms with Crippen molar-refractivity contribution >= 4 is 5.82 Å². The molecule has 0 bridgehead atoms. The number of aromatic nitrogens is 6. The maximum absolute atomic E-state index is 10.6. The Morgan fingerprint density at radius 3 is 2.38 bits per heavy atom. The SMILES string of the molecule is Cc1ccn(-c2ccc(N3CCC(C(O)c4nccn4C)CC3)nn2)n1. The molecule has 1 unspecified atom stereocenters. The number of hydrogen-bond acceptors (Lipinski definition) is 6. The molecular formula is C18H23N7O. The number of aliphatic hydroxyl groups is 1. The van der Waals surface area contributed by atoms with Crippen LogP contribution in [0.25, 0.3) is 5.82 Å². The molecule has 4 heterocycles. The highest BCUT2D eigenvalue weighted by atomic mass is 16.3. The Bertz CT molecular complexity index is 862. The van der Waals surface area contributed by atoms with Crippen molar-refractivity contribution < 1.29 is 5.11 Å². The number of hydrogen-bond donors (Lipinski definition) is 1. The van der Waals surface area contributed by atoms with Gasteiger partial charge in [0.25, 0.3) is 0 Å². The quantitative estimate of drug-likeness (QED) is 0.768. The fourth-order valence-corrected chi connectivity index (χ4v) is 3.47. The van der Waals surface area contributed by atoms with E-state index in [2.05, 4.69) is 25.2 Å². The summed E-state index contributed by atoms with van der Waals surface area (Å²) in [5.74, 6) is 2.53. The van der Waals surface area contributed by atoms with Crippen molar-refractivity contribution in [2.45, 2.75) is 25.9 Å². The molecule has 8 nitrogen and oxygen atoms in total. The van der Waals surface area contributed by atoms with Crippen LogP contribution in [0, 0.1) is 12.8 Å². The molecule has 3 aromatic heterocycles. The van der Waals surface area contributed by atoms with Crippen LogP contribution >= 0.6 is 0 Å². The maximum atomic E-state index is 10.6. The first-order valence-electron chi connectivity index (χ1n) is 8.88. The van der Waals surface area contributed by atoms with Crippen LogP contribution in [-0.2, 0) is 7.05 Å². The van der Waals surface area contributed by atoms with Gasteiger partial charge in [0, 0.05) is 38.7 Å². The van der Waals surface area contributed by atoms with Crippen LogP contribution in [0.1, 0.15) is 30.5 Å². The Hall–Kier alpha value is -2.74.